The summed E-state index contributed by atoms with van der Waals surface area (Å²) in [6, 6.07) is 27.1. The van der Waals surface area contributed by atoms with Crippen molar-refractivity contribution in [2.45, 2.75) is 6.92 Å². The van der Waals surface area contributed by atoms with Crippen LogP contribution in [-0.2, 0) is 0 Å². The number of nitrogens with zero attached hydrogens (tertiary/aromatic N) is 3. The van der Waals surface area contributed by atoms with Gasteiger partial charge in [0.1, 0.15) is 16.8 Å². The van der Waals surface area contributed by atoms with Crippen LogP contribution in [0.3, 0.4) is 0 Å². The van der Waals surface area contributed by atoms with E-state index in [0.717, 1.165) is 65.5 Å². The second kappa shape index (κ2) is 7.77. The van der Waals surface area contributed by atoms with Gasteiger partial charge in [0.25, 0.3) is 0 Å². The molecule has 1 aliphatic heterocycles. The standard InChI is InChI=1S/C27H24N4O/c1-19-8-7-11-21(18-19)30-14-16-31(17-15-30)27-25-24(22-12-5-6-13-23(22)32-25)28-26(29-27)20-9-3-2-4-10-20/h2-13,18H,14-17H2,1H3/p+1. The van der Waals surface area contributed by atoms with Crippen molar-refractivity contribution in [3.05, 3.63) is 84.4 Å². The van der Waals surface area contributed by atoms with Crippen molar-refractivity contribution in [3.63, 3.8) is 0 Å². The number of fused-ring (bicyclic) bond motifs is 3. The average Bonchev–Trinajstić information content (AvgIpc) is 3.23. The molecule has 1 saturated heterocycles. The van der Waals surface area contributed by atoms with Crippen molar-refractivity contribution in [3.8, 4) is 11.4 Å². The zero-order valence-corrected chi connectivity index (χ0v) is 18.1. The maximum atomic E-state index is 6.28. The Morgan fingerprint density at radius 1 is 0.844 bits per heavy atom. The molecule has 6 rings (SSSR count). The predicted molar refractivity (Wildman–Crippen MR) is 128 cm³/mol. The van der Waals surface area contributed by atoms with Gasteiger partial charge in [0.05, 0.1) is 26.2 Å². The number of quaternary nitrogens is 1. The van der Waals surface area contributed by atoms with Gasteiger partial charge in [0.15, 0.2) is 17.2 Å². The van der Waals surface area contributed by atoms with Crippen LogP contribution in [0.2, 0.25) is 0 Å². The summed E-state index contributed by atoms with van der Waals surface area (Å²) in [7, 11) is 0. The third kappa shape index (κ3) is 3.31. The minimum absolute atomic E-state index is 0.744. The molecule has 5 nitrogen and oxygen atoms in total. The molecule has 0 spiro atoms. The smallest absolute Gasteiger partial charge is 0.196 e. The van der Waals surface area contributed by atoms with Crippen molar-refractivity contribution in [1.29, 1.82) is 0 Å². The van der Waals surface area contributed by atoms with Gasteiger partial charge in [-0.2, -0.15) is 0 Å². The summed E-state index contributed by atoms with van der Waals surface area (Å²) in [6.07, 6.45) is 0. The first kappa shape index (κ1) is 19.0. The number of furan rings is 1. The summed E-state index contributed by atoms with van der Waals surface area (Å²) in [5.74, 6) is 1.64. The number of para-hydroxylation sites is 1. The molecule has 3 heterocycles. The molecule has 5 heteroatoms. The number of rotatable bonds is 3. The highest BCUT2D eigenvalue weighted by Gasteiger charge is 2.27. The van der Waals surface area contributed by atoms with Crippen LogP contribution >= 0.6 is 0 Å². The molecule has 0 unspecified atom stereocenters. The molecule has 158 valence electrons. The molecule has 0 saturated carbocycles. The number of aromatic nitrogens is 2. The molecular formula is C27H25N4O+. The van der Waals surface area contributed by atoms with E-state index < -0.39 is 0 Å². The van der Waals surface area contributed by atoms with Crippen LogP contribution < -0.4 is 9.80 Å². The fourth-order valence-corrected chi connectivity index (χ4v) is 4.65. The molecule has 0 amide bonds. The van der Waals surface area contributed by atoms with Crippen LogP contribution in [-0.4, -0.2) is 36.1 Å². The van der Waals surface area contributed by atoms with Crippen molar-refractivity contribution < 1.29 is 9.32 Å². The van der Waals surface area contributed by atoms with E-state index in [0.29, 0.717) is 0 Å². The Balaban J connectivity index is 1.41. The Labute approximate surface area is 186 Å². The normalized spacial score (nSPS) is 15.0. The molecule has 0 radical (unpaired) electrons. The second-order valence-electron chi connectivity index (χ2n) is 8.47. The van der Waals surface area contributed by atoms with E-state index in [1.807, 2.05) is 36.4 Å². The van der Waals surface area contributed by atoms with Crippen molar-refractivity contribution in [2.75, 3.05) is 31.1 Å². The highest BCUT2D eigenvalue weighted by Crippen LogP contribution is 2.34. The zero-order chi connectivity index (χ0) is 21.5. The zero-order valence-electron chi connectivity index (χ0n) is 18.1. The third-order valence-corrected chi connectivity index (χ3v) is 6.33. The molecule has 0 aliphatic carbocycles. The number of benzene rings is 3. The van der Waals surface area contributed by atoms with Gasteiger partial charge in [-0.15, -0.1) is 0 Å². The van der Waals surface area contributed by atoms with E-state index in [4.69, 9.17) is 14.4 Å². The highest BCUT2D eigenvalue weighted by atomic mass is 16.3. The van der Waals surface area contributed by atoms with E-state index in [1.54, 1.807) is 0 Å². The van der Waals surface area contributed by atoms with E-state index in [2.05, 4.69) is 54.3 Å². The first-order valence-electron chi connectivity index (χ1n) is 11.2. The summed E-state index contributed by atoms with van der Waals surface area (Å²) >= 11 is 0. The van der Waals surface area contributed by atoms with Gasteiger partial charge in [-0.25, -0.2) is 9.97 Å². The van der Waals surface area contributed by atoms with Gasteiger partial charge < -0.3 is 9.32 Å². The summed E-state index contributed by atoms with van der Waals surface area (Å²) in [5, 5.41) is 1.03. The lowest BCUT2D eigenvalue weighted by molar-refractivity contribution is -0.833. The molecule has 3 aromatic carbocycles. The molecule has 1 N–H and O–H groups in total. The van der Waals surface area contributed by atoms with Gasteiger partial charge >= 0.3 is 0 Å². The van der Waals surface area contributed by atoms with Gasteiger partial charge in [-0.3, -0.25) is 4.90 Å². The van der Waals surface area contributed by atoms with Crippen molar-refractivity contribution in [1.82, 2.24) is 9.97 Å². The van der Waals surface area contributed by atoms with Crippen LogP contribution in [0.1, 0.15) is 5.56 Å². The molecule has 2 aromatic heterocycles. The van der Waals surface area contributed by atoms with E-state index in [1.165, 1.54) is 16.2 Å². The van der Waals surface area contributed by atoms with Gasteiger partial charge in [-0.1, -0.05) is 54.6 Å². The van der Waals surface area contributed by atoms with Gasteiger partial charge in [0.2, 0.25) is 0 Å². The van der Waals surface area contributed by atoms with Crippen LogP contribution in [0, 0.1) is 6.92 Å². The summed E-state index contributed by atoms with van der Waals surface area (Å²) in [4.78, 5) is 13.8. The third-order valence-electron chi connectivity index (χ3n) is 6.33. The Kier molecular flexibility index (Phi) is 4.62. The topological polar surface area (TPSA) is 46.6 Å². The fraction of sp³-hybridized carbons (Fsp3) is 0.185. The summed E-state index contributed by atoms with van der Waals surface area (Å²) < 4.78 is 6.28. The summed E-state index contributed by atoms with van der Waals surface area (Å²) in [5.41, 5.74) is 6.22. The van der Waals surface area contributed by atoms with Crippen LogP contribution in [0.25, 0.3) is 33.5 Å². The van der Waals surface area contributed by atoms with Crippen LogP contribution in [0.5, 0.6) is 0 Å². The van der Waals surface area contributed by atoms with Crippen LogP contribution in [0.15, 0.2) is 83.3 Å². The maximum absolute atomic E-state index is 6.28. The van der Waals surface area contributed by atoms with E-state index >= 15 is 0 Å². The Bertz CT molecular complexity index is 1400. The number of anilines is 1. The molecule has 32 heavy (non-hydrogen) atoms. The van der Waals surface area contributed by atoms with E-state index in [-0.39, 0.29) is 0 Å². The number of piperazine rings is 1. The number of nitrogens with one attached hydrogen (secondary N) is 1. The summed E-state index contributed by atoms with van der Waals surface area (Å²) in [6.45, 7) is 6.04. The lowest BCUT2D eigenvalue weighted by Gasteiger charge is -2.32. The van der Waals surface area contributed by atoms with Gasteiger partial charge in [0, 0.05) is 17.0 Å². The average molecular weight is 422 g/mol. The Hall–Kier alpha value is -3.70. The first-order valence-corrected chi connectivity index (χ1v) is 11.2. The molecule has 0 atom stereocenters. The van der Waals surface area contributed by atoms with Crippen molar-refractivity contribution in [2.24, 2.45) is 0 Å². The molecule has 5 aromatic rings. The van der Waals surface area contributed by atoms with Crippen LogP contribution in [0.4, 0.5) is 11.5 Å². The molecule has 1 aliphatic rings. The largest absolute Gasteiger partial charge is 0.450 e. The SMILES string of the molecule is Cc1cccc([NH+]2CCN(c3nc(-c4ccccc4)nc4c3oc3ccccc34)CC2)c1. The lowest BCUT2D eigenvalue weighted by atomic mass is 10.1. The molecule has 1 fully saturated rings. The highest BCUT2D eigenvalue weighted by molar-refractivity contribution is 6.06. The number of aryl methyl sites for hydroxylation is 1. The number of hydrogen-bond donors (Lipinski definition) is 1. The Morgan fingerprint density at radius 2 is 1.62 bits per heavy atom. The maximum Gasteiger partial charge on any atom is 0.196 e. The minimum atomic E-state index is 0.744. The first-order chi connectivity index (χ1) is 15.8. The minimum Gasteiger partial charge on any atom is -0.450 e. The Morgan fingerprint density at radius 3 is 2.44 bits per heavy atom. The van der Waals surface area contributed by atoms with E-state index in [9.17, 15) is 0 Å². The number of hydrogen-bond acceptors (Lipinski definition) is 4. The monoisotopic (exact) mass is 421 g/mol. The fourth-order valence-electron chi connectivity index (χ4n) is 4.65. The predicted octanol–water partition coefficient (Wildman–Crippen LogP) is 4.39. The quantitative estimate of drug-likeness (QED) is 0.469. The van der Waals surface area contributed by atoms with Gasteiger partial charge in [-0.05, 0) is 30.7 Å². The van der Waals surface area contributed by atoms with Crippen molar-refractivity contribution >= 4 is 33.6 Å². The molecular weight excluding hydrogens is 396 g/mol. The second-order valence-corrected chi connectivity index (χ2v) is 8.47. The molecule has 0 bridgehead atoms. The lowest BCUT2D eigenvalue weighted by Crippen LogP contribution is -3.10.